The molecule has 0 aliphatic carbocycles. The number of aryl methyl sites for hydroxylation is 1. The minimum atomic E-state index is -0.399. The fourth-order valence-electron chi connectivity index (χ4n) is 5.22. The van der Waals surface area contributed by atoms with Crippen molar-refractivity contribution in [3.63, 3.8) is 0 Å². The van der Waals surface area contributed by atoms with Crippen LogP contribution in [0.1, 0.15) is 41.8 Å². The van der Waals surface area contributed by atoms with E-state index in [0.29, 0.717) is 49.6 Å². The number of pyridine rings is 1. The quantitative estimate of drug-likeness (QED) is 0.452. The number of carbonyl (C=O) groups is 1. The summed E-state index contributed by atoms with van der Waals surface area (Å²) in [6.07, 6.45) is 5.82. The molecule has 1 saturated heterocycles. The van der Waals surface area contributed by atoms with Crippen molar-refractivity contribution < 1.29 is 14.3 Å². The Bertz CT molecular complexity index is 1520. The predicted octanol–water partition coefficient (Wildman–Crippen LogP) is 3.29. The standard InChI is InChI=1S/C26H27N5O4/c1-3-16-10-18-6-8-29(23(18)27-12-16)26(33)31-20-5-4-17(14-34-2)11-21(20)30-22(25(31)32)13-28-24(30)19-7-9-35-15-19/h4-5,10-13,19H,3,6-9,14-15H2,1-2H3. The van der Waals surface area contributed by atoms with E-state index >= 15 is 0 Å². The van der Waals surface area contributed by atoms with Gasteiger partial charge >= 0.3 is 6.03 Å². The molecule has 0 bridgehead atoms. The maximum atomic E-state index is 13.9. The first-order chi connectivity index (χ1) is 17.1. The van der Waals surface area contributed by atoms with E-state index in [1.807, 2.05) is 22.6 Å². The van der Waals surface area contributed by atoms with Gasteiger partial charge in [-0.25, -0.2) is 19.3 Å². The number of ether oxygens (including phenoxy) is 2. The lowest BCUT2D eigenvalue weighted by Gasteiger charge is -2.20. The first-order valence-corrected chi connectivity index (χ1v) is 12.0. The fraction of sp³-hybridized carbons (Fsp3) is 0.385. The molecule has 0 N–H and O–H groups in total. The van der Waals surface area contributed by atoms with Crippen molar-refractivity contribution in [3.8, 4) is 0 Å². The Labute approximate surface area is 201 Å². The number of fused-ring (bicyclic) bond motifs is 4. The summed E-state index contributed by atoms with van der Waals surface area (Å²) in [5, 5.41) is 0. The van der Waals surface area contributed by atoms with Crippen LogP contribution >= 0.6 is 0 Å². The van der Waals surface area contributed by atoms with Crippen LogP contribution in [0.5, 0.6) is 0 Å². The van der Waals surface area contributed by atoms with Crippen molar-refractivity contribution in [1.82, 2.24) is 18.9 Å². The molecule has 1 aromatic carbocycles. The van der Waals surface area contributed by atoms with E-state index in [2.05, 4.69) is 23.0 Å². The van der Waals surface area contributed by atoms with Crippen LogP contribution in [-0.2, 0) is 28.9 Å². The topological polar surface area (TPSA) is 91.0 Å². The maximum absolute atomic E-state index is 13.9. The monoisotopic (exact) mass is 473 g/mol. The summed E-state index contributed by atoms with van der Waals surface area (Å²) in [6, 6.07) is 7.38. The van der Waals surface area contributed by atoms with Crippen LogP contribution in [-0.4, -0.2) is 51.8 Å². The lowest BCUT2D eigenvalue weighted by Crippen LogP contribution is -2.40. The number of hydrogen-bond donors (Lipinski definition) is 0. The highest BCUT2D eigenvalue weighted by Crippen LogP contribution is 2.30. The summed E-state index contributed by atoms with van der Waals surface area (Å²) in [6.45, 7) is 4.22. The molecular weight excluding hydrogens is 446 g/mol. The molecule has 5 heterocycles. The van der Waals surface area contributed by atoms with Gasteiger partial charge in [0, 0.05) is 32.4 Å². The number of aromatic nitrogens is 4. The molecule has 9 nitrogen and oxygen atoms in total. The third kappa shape index (κ3) is 3.45. The van der Waals surface area contributed by atoms with Crippen molar-refractivity contribution >= 4 is 28.4 Å². The lowest BCUT2D eigenvalue weighted by atomic mass is 10.1. The highest BCUT2D eigenvalue weighted by atomic mass is 16.5. The first-order valence-electron chi connectivity index (χ1n) is 12.0. The number of nitrogens with zero attached hydrogens (tertiary/aromatic N) is 5. The van der Waals surface area contributed by atoms with Crippen LogP contribution in [0, 0.1) is 0 Å². The molecule has 180 valence electrons. The second kappa shape index (κ2) is 8.58. The predicted molar refractivity (Wildman–Crippen MR) is 131 cm³/mol. The molecule has 0 radical (unpaired) electrons. The summed E-state index contributed by atoms with van der Waals surface area (Å²) < 4.78 is 14.1. The first kappa shape index (κ1) is 21.9. The number of rotatable bonds is 4. The van der Waals surface area contributed by atoms with Gasteiger partial charge in [-0.15, -0.1) is 0 Å². The molecule has 0 spiro atoms. The van der Waals surface area contributed by atoms with Gasteiger partial charge in [0.15, 0.2) is 0 Å². The van der Waals surface area contributed by atoms with Gasteiger partial charge in [-0.1, -0.05) is 19.1 Å². The van der Waals surface area contributed by atoms with Crippen molar-refractivity contribution in [3.05, 3.63) is 69.5 Å². The third-order valence-corrected chi connectivity index (χ3v) is 7.03. The molecule has 1 atom stereocenters. The summed E-state index contributed by atoms with van der Waals surface area (Å²) in [5.74, 6) is 1.51. The van der Waals surface area contributed by atoms with E-state index in [9.17, 15) is 9.59 Å². The second-order valence-electron chi connectivity index (χ2n) is 9.16. The number of imidazole rings is 1. The molecule has 2 aliphatic rings. The van der Waals surface area contributed by atoms with E-state index in [0.717, 1.165) is 40.9 Å². The molecule has 35 heavy (non-hydrogen) atoms. The number of methoxy groups -OCH3 is 1. The number of benzene rings is 1. The van der Waals surface area contributed by atoms with Crippen molar-refractivity contribution in [2.75, 3.05) is 31.8 Å². The van der Waals surface area contributed by atoms with Gasteiger partial charge in [0.05, 0.1) is 30.4 Å². The van der Waals surface area contributed by atoms with Crippen molar-refractivity contribution in [1.29, 1.82) is 0 Å². The van der Waals surface area contributed by atoms with Crippen LogP contribution in [0.4, 0.5) is 10.6 Å². The van der Waals surface area contributed by atoms with Crippen LogP contribution in [0.3, 0.4) is 0 Å². The molecule has 1 amide bonds. The lowest BCUT2D eigenvalue weighted by molar-refractivity contribution is 0.185. The largest absolute Gasteiger partial charge is 0.381 e. The zero-order valence-corrected chi connectivity index (χ0v) is 19.9. The van der Waals surface area contributed by atoms with E-state index in [1.165, 1.54) is 4.57 Å². The van der Waals surface area contributed by atoms with Gasteiger partial charge in [0.2, 0.25) is 0 Å². The van der Waals surface area contributed by atoms with Gasteiger partial charge in [-0.2, -0.15) is 0 Å². The molecule has 1 fully saturated rings. The van der Waals surface area contributed by atoms with Crippen LogP contribution in [0.2, 0.25) is 0 Å². The number of hydrogen-bond acceptors (Lipinski definition) is 6. The van der Waals surface area contributed by atoms with E-state index in [-0.39, 0.29) is 5.92 Å². The summed E-state index contributed by atoms with van der Waals surface area (Å²) in [4.78, 5) is 38.5. The van der Waals surface area contributed by atoms with Crippen molar-refractivity contribution in [2.45, 2.75) is 38.7 Å². The Morgan fingerprint density at radius 2 is 2.03 bits per heavy atom. The molecule has 0 saturated carbocycles. The molecule has 4 aromatic rings. The molecule has 3 aromatic heterocycles. The third-order valence-electron chi connectivity index (χ3n) is 7.03. The van der Waals surface area contributed by atoms with Crippen LogP contribution in [0.25, 0.3) is 16.6 Å². The Morgan fingerprint density at radius 3 is 2.80 bits per heavy atom. The zero-order valence-electron chi connectivity index (χ0n) is 19.9. The molecular formula is C26H27N5O4. The van der Waals surface area contributed by atoms with Gasteiger partial charge in [-0.05, 0) is 48.1 Å². The average molecular weight is 474 g/mol. The highest BCUT2D eigenvalue weighted by molar-refractivity contribution is 6.00. The molecule has 9 heteroatoms. The Hall–Kier alpha value is -3.56. The SMILES string of the molecule is CCc1cnc2c(c1)CCN2C(=O)n1c(=O)c2cnc(C3CCOC3)n2c2cc(COC)ccc21. The van der Waals surface area contributed by atoms with E-state index in [1.54, 1.807) is 24.4 Å². The Balaban J connectivity index is 1.56. The minimum absolute atomic E-state index is 0.0974. The van der Waals surface area contributed by atoms with Crippen molar-refractivity contribution in [2.24, 2.45) is 0 Å². The minimum Gasteiger partial charge on any atom is -0.381 e. The number of amides is 1. The van der Waals surface area contributed by atoms with E-state index < -0.39 is 11.6 Å². The summed E-state index contributed by atoms with van der Waals surface area (Å²) >= 11 is 0. The molecule has 1 unspecified atom stereocenters. The Morgan fingerprint density at radius 1 is 1.14 bits per heavy atom. The zero-order chi connectivity index (χ0) is 24.1. The smallest absolute Gasteiger partial charge is 0.337 e. The van der Waals surface area contributed by atoms with Gasteiger partial charge in [-0.3, -0.25) is 14.1 Å². The van der Waals surface area contributed by atoms with Crippen LogP contribution in [0.15, 0.2) is 41.5 Å². The Kier molecular flexibility index (Phi) is 5.38. The van der Waals surface area contributed by atoms with Gasteiger partial charge in [0.1, 0.15) is 17.2 Å². The summed E-state index contributed by atoms with van der Waals surface area (Å²) in [7, 11) is 1.64. The second-order valence-corrected chi connectivity index (χ2v) is 9.16. The van der Waals surface area contributed by atoms with E-state index in [4.69, 9.17) is 9.47 Å². The average Bonchev–Trinajstić information content (AvgIpc) is 3.63. The number of anilines is 1. The van der Waals surface area contributed by atoms with Crippen LogP contribution < -0.4 is 10.5 Å². The van der Waals surface area contributed by atoms with Gasteiger partial charge < -0.3 is 9.47 Å². The molecule has 2 aliphatic heterocycles. The maximum Gasteiger partial charge on any atom is 0.337 e. The van der Waals surface area contributed by atoms with Gasteiger partial charge in [0.25, 0.3) is 5.56 Å². The molecule has 6 rings (SSSR count). The fourth-order valence-corrected chi connectivity index (χ4v) is 5.22. The normalized spacial score (nSPS) is 17.5. The summed E-state index contributed by atoms with van der Waals surface area (Å²) in [5.41, 5.74) is 4.37. The highest BCUT2D eigenvalue weighted by Gasteiger charge is 2.31. The number of carbonyl (C=O) groups excluding carboxylic acids is 1.